The van der Waals surface area contributed by atoms with Crippen molar-refractivity contribution in [2.24, 2.45) is 0 Å². The lowest BCUT2D eigenvalue weighted by Crippen LogP contribution is -2.18. The summed E-state index contributed by atoms with van der Waals surface area (Å²) >= 11 is 0. The second-order valence-corrected chi connectivity index (χ2v) is 5.80. The van der Waals surface area contributed by atoms with Gasteiger partial charge in [0.1, 0.15) is 18.1 Å². The van der Waals surface area contributed by atoms with E-state index in [1.807, 2.05) is 12.1 Å². The number of nitrogens with zero attached hydrogens (tertiary/aromatic N) is 1. The molecule has 0 bridgehead atoms. The maximum Gasteiger partial charge on any atom is 0.250 e. The minimum atomic E-state index is -0.367. The molecule has 27 heavy (non-hydrogen) atoms. The van der Waals surface area contributed by atoms with Gasteiger partial charge in [-0.3, -0.25) is 4.79 Å². The van der Waals surface area contributed by atoms with Crippen molar-refractivity contribution in [2.75, 3.05) is 18.7 Å². The van der Waals surface area contributed by atoms with Gasteiger partial charge in [0.2, 0.25) is 12.7 Å². The van der Waals surface area contributed by atoms with Gasteiger partial charge < -0.3 is 24.1 Å². The van der Waals surface area contributed by atoms with Gasteiger partial charge in [-0.1, -0.05) is 5.16 Å². The Balaban J connectivity index is 1.29. The van der Waals surface area contributed by atoms with Crippen LogP contribution in [-0.4, -0.2) is 24.5 Å². The number of hydrogen-bond acceptors (Lipinski definition) is 6. The second kappa shape index (κ2) is 7.46. The molecule has 8 heteroatoms. The lowest BCUT2D eigenvalue weighted by Gasteiger charge is -2.05. The molecule has 0 spiro atoms. The van der Waals surface area contributed by atoms with Gasteiger partial charge in [0.25, 0.3) is 0 Å². The predicted molar refractivity (Wildman–Crippen MR) is 92.7 cm³/mol. The number of hydrogen-bond donors (Lipinski definition) is 1. The summed E-state index contributed by atoms with van der Waals surface area (Å²) in [6, 6.07) is 12.7. The minimum Gasteiger partial charge on any atom is -0.454 e. The molecule has 0 aliphatic carbocycles. The number of carbonyl (C=O) groups excluding carboxylic acids is 1. The van der Waals surface area contributed by atoms with E-state index in [-0.39, 0.29) is 31.7 Å². The number of amides is 1. The van der Waals surface area contributed by atoms with Crippen molar-refractivity contribution in [3.05, 3.63) is 60.0 Å². The Labute approximate surface area is 153 Å². The Hall–Kier alpha value is -3.39. The SMILES string of the molecule is O=C(COCc1cc(-c2ccc3c(c2)OCO3)on1)Nc1ccc(F)cc1. The zero-order valence-electron chi connectivity index (χ0n) is 14.1. The molecule has 2 heterocycles. The van der Waals surface area contributed by atoms with Crippen molar-refractivity contribution < 1.29 is 27.9 Å². The number of benzene rings is 2. The molecule has 1 aliphatic rings. The average Bonchev–Trinajstić information content (AvgIpc) is 3.32. The molecular weight excluding hydrogens is 355 g/mol. The first-order chi connectivity index (χ1) is 13.2. The van der Waals surface area contributed by atoms with Gasteiger partial charge in [0, 0.05) is 17.3 Å². The first kappa shape index (κ1) is 17.0. The molecule has 7 nitrogen and oxygen atoms in total. The second-order valence-electron chi connectivity index (χ2n) is 5.80. The molecule has 0 saturated heterocycles. The van der Waals surface area contributed by atoms with E-state index in [4.69, 9.17) is 18.7 Å². The molecule has 0 radical (unpaired) electrons. The van der Waals surface area contributed by atoms with Crippen LogP contribution in [0.1, 0.15) is 5.69 Å². The number of rotatable bonds is 6. The van der Waals surface area contributed by atoms with Crippen molar-refractivity contribution in [1.82, 2.24) is 5.16 Å². The molecule has 3 aromatic rings. The summed E-state index contributed by atoms with van der Waals surface area (Å²) < 4.78 is 34.1. The highest BCUT2D eigenvalue weighted by Gasteiger charge is 2.16. The normalized spacial score (nSPS) is 12.2. The van der Waals surface area contributed by atoms with E-state index in [9.17, 15) is 9.18 Å². The van der Waals surface area contributed by atoms with Gasteiger partial charge in [-0.25, -0.2) is 4.39 Å². The number of ether oxygens (including phenoxy) is 3. The zero-order chi connectivity index (χ0) is 18.6. The Morgan fingerprint density at radius 2 is 1.93 bits per heavy atom. The number of aromatic nitrogens is 1. The highest BCUT2D eigenvalue weighted by molar-refractivity contribution is 5.91. The summed E-state index contributed by atoms with van der Waals surface area (Å²) in [7, 11) is 0. The van der Waals surface area contributed by atoms with Crippen LogP contribution < -0.4 is 14.8 Å². The largest absolute Gasteiger partial charge is 0.454 e. The van der Waals surface area contributed by atoms with Crippen LogP contribution in [0.25, 0.3) is 11.3 Å². The smallest absolute Gasteiger partial charge is 0.250 e. The number of fused-ring (bicyclic) bond motifs is 1. The van der Waals surface area contributed by atoms with Crippen LogP contribution in [-0.2, 0) is 16.1 Å². The lowest BCUT2D eigenvalue weighted by molar-refractivity contribution is -0.121. The molecule has 1 aliphatic heterocycles. The van der Waals surface area contributed by atoms with Crippen LogP contribution in [0.5, 0.6) is 11.5 Å². The topological polar surface area (TPSA) is 82.8 Å². The molecule has 0 unspecified atom stereocenters. The van der Waals surface area contributed by atoms with E-state index >= 15 is 0 Å². The molecule has 0 saturated carbocycles. The van der Waals surface area contributed by atoms with Gasteiger partial charge >= 0.3 is 0 Å². The summed E-state index contributed by atoms with van der Waals surface area (Å²) in [6.45, 7) is 0.156. The number of halogens is 1. The van der Waals surface area contributed by atoms with E-state index in [0.29, 0.717) is 28.6 Å². The molecule has 1 aromatic heterocycles. The lowest BCUT2D eigenvalue weighted by atomic mass is 10.1. The molecule has 1 N–H and O–H groups in total. The summed E-state index contributed by atoms with van der Waals surface area (Å²) in [5, 5.41) is 6.54. The first-order valence-corrected chi connectivity index (χ1v) is 8.16. The Morgan fingerprint density at radius 1 is 1.11 bits per heavy atom. The highest BCUT2D eigenvalue weighted by Crippen LogP contribution is 2.36. The number of carbonyl (C=O) groups is 1. The summed E-state index contributed by atoms with van der Waals surface area (Å²) in [6.07, 6.45) is 0. The summed E-state index contributed by atoms with van der Waals surface area (Å²) in [4.78, 5) is 11.8. The van der Waals surface area contributed by atoms with Crippen molar-refractivity contribution in [1.29, 1.82) is 0 Å². The third kappa shape index (κ3) is 4.06. The monoisotopic (exact) mass is 370 g/mol. The third-order valence-corrected chi connectivity index (χ3v) is 3.83. The Morgan fingerprint density at radius 3 is 2.78 bits per heavy atom. The summed E-state index contributed by atoms with van der Waals surface area (Å²) in [5.74, 6) is 1.19. The molecule has 0 fully saturated rings. The van der Waals surface area contributed by atoms with Gasteiger partial charge in [-0.15, -0.1) is 0 Å². The van der Waals surface area contributed by atoms with E-state index in [1.54, 1.807) is 12.1 Å². The van der Waals surface area contributed by atoms with Crippen LogP contribution in [0, 0.1) is 5.82 Å². The molecular formula is C19H15FN2O5. The third-order valence-electron chi connectivity index (χ3n) is 3.83. The Kier molecular flexibility index (Phi) is 4.71. The van der Waals surface area contributed by atoms with Crippen molar-refractivity contribution in [2.45, 2.75) is 6.61 Å². The van der Waals surface area contributed by atoms with Crippen LogP contribution in [0.3, 0.4) is 0 Å². The first-order valence-electron chi connectivity index (χ1n) is 8.16. The van der Waals surface area contributed by atoms with Gasteiger partial charge in [0.05, 0.1) is 6.61 Å². The standard InChI is InChI=1S/C19H15FN2O5/c20-13-2-4-14(5-3-13)21-19(23)10-24-9-15-8-17(27-22-15)12-1-6-16-18(7-12)26-11-25-16/h1-8H,9-11H2,(H,21,23). The van der Waals surface area contributed by atoms with Crippen LogP contribution in [0.4, 0.5) is 10.1 Å². The fraction of sp³-hybridized carbons (Fsp3) is 0.158. The highest BCUT2D eigenvalue weighted by atomic mass is 19.1. The fourth-order valence-electron chi connectivity index (χ4n) is 2.54. The predicted octanol–water partition coefficient (Wildman–Crippen LogP) is 3.36. The zero-order valence-corrected chi connectivity index (χ0v) is 14.1. The van der Waals surface area contributed by atoms with E-state index in [2.05, 4.69) is 10.5 Å². The number of anilines is 1. The average molecular weight is 370 g/mol. The molecule has 2 aromatic carbocycles. The van der Waals surface area contributed by atoms with E-state index < -0.39 is 0 Å². The molecule has 1 amide bonds. The van der Waals surface area contributed by atoms with Crippen LogP contribution in [0.15, 0.2) is 53.1 Å². The number of nitrogens with one attached hydrogen (secondary N) is 1. The quantitative estimate of drug-likeness (QED) is 0.716. The van der Waals surface area contributed by atoms with Gasteiger partial charge in [-0.2, -0.15) is 0 Å². The van der Waals surface area contributed by atoms with E-state index in [1.165, 1.54) is 24.3 Å². The molecule has 0 atom stereocenters. The van der Waals surface area contributed by atoms with Crippen molar-refractivity contribution in [3.8, 4) is 22.8 Å². The fourth-order valence-corrected chi connectivity index (χ4v) is 2.54. The molecule has 138 valence electrons. The van der Waals surface area contributed by atoms with Gasteiger partial charge in [-0.05, 0) is 42.5 Å². The van der Waals surface area contributed by atoms with Crippen molar-refractivity contribution in [3.63, 3.8) is 0 Å². The van der Waals surface area contributed by atoms with Gasteiger partial charge in [0.15, 0.2) is 17.3 Å². The van der Waals surface area contributed by atoms with Crippen molar-refractivity contribution >= 4 is 11.6 Å². The molecule has 4 rings (SSSR count). The minimum absolute atomic E-state index is 0.116. The maximum absolute atomic E-state index is 12.8. The van der Waals surface area contributed by atoms with Crippen LogP contribution in [0.2, 0.25) is 0 Å². The van der Waals surface area contributed by atoms with Crippen LogP contribution >= 0.6 is 0 Å². The summed E-state index contributed by atoms with van der Waals surface area (Å²) in [5.41, 5.74) is 1.85. The Bertz CT molecular complexity index is 955. The maximum atomic E-state index is 12.8. The van der Waals surface area contributed by atoms with E-state index in [0.717, 1.165) is 5.56 Å².